The summed E-state index contributed by atoms with van der Waals surface area (Å²) >= 11 is 0. The summed E-state index contributed by atoms with van der Waals surface area (Å²) in [5.41, 5.74) is -6.73. The summed E-state index contributed by atoms with van der Waals surface area (Å²) in [5, 5.41) is -5.30. The maximum atomic E-state index is 9.90. The smallest absolute Gasteiger partial charge is 0.136 e. The molecule has 49 heavy (non-hydrogen) atoms. The second-order valence-electron chi connectivity index (χ2n) is 10.6. The zero-order valence-corrected chi connectivity index (χ0v) is 24.5. The summed E-state index contributed by atoms with van der Waals surface area (Å²) in [5.74, 6) is 0. The average Bonchev–Trinajstić information content (AvgIpc) is 3.93. The van der Waals surface area contributed by atoms with Gasteiger partial charge in [-0.15, -0.1) is 0 Å². The molecule has 10 rings (SSSR count). The summed E-state index contributed by atoms with van der Waals surface area (Å²) in [6.07, 6.45) is 0. The highest BCUT2D eigenvalue weighted by Gasteiger charge is 2.20. The van der Waals surface area contributed by atoms with Crippen LogP contribution in [0.2, 0.25) is 0 Å². The molecule has 9 aromatic carbocycles. The first kappa shape index (κ1) is 11.3. The lowest BCUT2D eigenvalue weighted by Gasteiger charge is -2.19. The van der Waals surface area contributed by atoms with Gasteiger partial charge in [0.15, 0.2) is 0 Å². The van der Waals surface area contributed by atoms with E-state index in [4.69, 9.17) is 29.1 Å². The molecule has 1 aromatic heterocycles. The van der Waals surface area contributed by atoms with Crippen LogP contribution in [0.4, 0.5) is 0 Å². The van der Waals surface area contributed by atoms with Crippen LogP contribution >= 0.6 is 0 Å². The van der Waals surface area contributed by atoms with Gasteiger partial charge in [-0.1, -0.05) is 157 Å². The van der Waals surface area contributed by atoms with E-state index >= 15 is 0 Å². The minimum atomic E-state index is -1.10. The van der Waals surface area contributed by atoms with Gasteiger partial charge in [0.2, 0.25) is 0 Å². The van der Waals surface area contributed by atoms with Crippen LogP contribution in [-0.4, -0.2) is 0 Å². The molecule has 0 unspecified atom stereocenters. The second-order valence-corrected chi connectivity index (χ2v) is 10.6. The normalized spacial score (nSPS) is 20.0. The summed E-state index contributed by atoms with van der Waals surface area (Å²) in [6, 6.07) is -26.0. The number of fused-ring (bicyclic) bond motifs is 6. The molecular formula is C48H30O. The van der Waals surface area contributed by atoms with Crippen LogP contribution in [0.5, 0.6) is 0 Å². The summed E-state index contributed by atoms with van der Waals surface area (Å²) < 4.78 is 267. The van der Waals surface area contributed by atoms with Crippen LogP contribution in [0.1, 0.15) is 39.8 Å². The lowest BCUT2D eigenvalue weighted by molar-refractivity contribution is 0.669. The van der Waals surface area contributed by atoms with Crippen molar-refractivity contribution >= 4 is 54.3 Å². The molecule has 0 aliphatic carbocycles. The Balaban J connectivity index is 1.49. The van der Waals surface area contributed by atoms with Gasteiger partial charge in [0, 0.05) is 10.8 Å². The van der Waals surface area contributed by atoms with E-state index in [1.165, 1.54) is 0 Å². The lowest BCUT2D eigenvalue weighted by atomic mass is 9.84. The van der Waals surface area contributed by atoms with E-state index in [0.717, 1.165) is 6.07 Å². The van der Waals surface area contributed by atoms with E-state index < -0.39 is 274 Å². The summed E-state index contributed by atoms with van der Waals surface area (Å²) in [7, 11) is 0. The molecule has 1 nitrogen and oxygen atoms in total. The van der Waals surface area contributed by atoms with Gasteiger partial charge in [0.25, 0.3) is 0 Å². The third-order valence-corrected chi connectivity index (χ3v) is 7.98. The first-order chi connectivity index (χ1) is 36.4. The molecule has 0 saturated carbocycles. The SMILES string of the molecule is [2H]c1c([2H])c([2H])c(-c2cc3oc4c([2H])c([2H])c([2H])c(-c5c6c([2H])c([2H])c([2H])c([2H])c6c(-c6c([2H])c([2H])c([2H])c(-c7c([2H])c([2H])c([2H])c8c([2H])c([2H])c([2H])c([2H])c78)c6[2H])c6c([2H])c([2H])c([2H])c([2H])c56)c4c3c([2H])c2[2H])c([2H])c1[2H]. The standard InChI is InChI=1S/C48H30O/c1-2-13-31(14-3-1)33-27-28-42-45(30-33)49-44-26-12-25-43(48(42)44)47-40-22-8-6-20-38(40)46(39-21-7-9-23-41(39)47)35-18-10-17-34(29-35)37-24-11-16-32-15-4-5-19-36(32)37/h1-30H/i1D,2D,3D,4D,5D,6D,7D,8D,9D,10D,11D,12D,13D,14D,15D,16D,17D,18D,19D,20D,21D,22D,23D,24D,25D,26D,27D,28D,29D. The van der Waals surface area contributed by atoms with Crippen LogP contribution in [0.3, 0.4) is 0 Å². The molecule has 0 fully saturated rings. The van der Waals surface area contributed by atoms with Crippen molar-refractivity contribution in [1.29, 1.82) is 0 Å². The molecule has 1 heterocycles. The molecular weight excluding hydrogens is 593 g/mol. The molecule has 1 heteroatoms. The van der Waals surface area contributed by atoms with Gasteiger partial charge < -0.3 is 4.42 Å². The topological polar surface area (TPSA) is 13.1 Å². The molecule has 0 N–H and O–H groups in total. The van der Waals surface area contributed by atoms with Crippen LogP contribution in [0.15, 0.2) is 186 Å². The highest BCUT2D eigenvalue weighted by molar-refractivity contribution is 6.25. The number of hydrogen-bond acceptors (Lipinski definition) is 1. The average molecular weight is 652 g/mol. The maximum Gasteiger partial charge on any atom is 0.136 e. The third-order valence-electron chi connectivity index (χ3n) is 7.98. The van der Waals surface area contributed by atoms with Crippen LogP contribution in [0, 0.1) is 0 Å². The largest absolute Gasteiger partial charge is 0.456 e. The Morgan fingerprint density at radius 3 is 1.69 bits per heavy atom. The Morgan fingerprint density at radius 1 is 0.347 bits per heavy atom. The molecule has 0 spiro atoms. The Labute approximate surface area is 325 Å². The van der Waals surface area contributed by atoms with E-state index in [9.17, 15) is 15.1 Å². The highest BCUT2D eigenvalue weighted by Crippen LogP contribution is 2.47. The van der Waals surface area contributed by atoms with E-state index in [1.807, 2.05) is 0 Å². The van der Waals surface area contributed by atoms with Crippen LogP contribution < -0.4 is 0 Å². The zero-order valence-electron chi connectivity index (χ0n) is 53.5. The van der Waals surface area contributed by atoms with E-state index in [2.05, 4.69) is 0 Å². The monoisotopic (exact) mass is 651 g/mol. The molecule has 0 amide bonds. The van der Waals surface area contributed by atoms with Gasteiger partial charge in [0.05, 0.1) is 39.8 Å². The molecule has 0 bridgehead atoms. The Kier molecular flexibility index (Phi) is 2.56. The Morgan fingerprint density at radius 2 is 0.918 bits per heavy atom. The Hall–Kier alpha value is -6.44. The third kappa shape index (κ3) is 4.40. The van der Waals surface area contributed by atoms with Crippen molar-refractivity contribution in [1.82, 2.24) is 0 Å². The van der Waals surface area contributed by atoms with Crippen molar-refractivity contribution in [3.63, 3.8) is 0 Å². The van der Waals surface area contributed by atoms with Gasteiger partial charge in [-0.25, -0.2) is 0 Å². The van der Waals surface area contributed by atoms with Gasteiger partial charge in [-0.3, -0.25) is 0 Å². The highest BCUT2D eigenvalue weighted by atomic mass is 16.3. The minimum absolute atomic E-state index is 0.429. The first-order valence-electron chi connectivity index (χ1n) is 29.0. The Bertz CT molecular complexity index is 4420. The first-order valence-corrected chi connectivity index (χ1v) is 14.5. The van der Waals surface area contributed by atoms with Gasteiger partial charge in [0.1, 0.15) is 11.2 Å². The van der Waals surface area contributed by atoms with Crippen molar-refractivity contribution in [3.8, 4) is 44.5 Å². The molecule has 10 aromatic rings. The number of benzene rings is 9. The quantitative estimate of drug-likeness (QED) is 0.173. The molecule has 0 atom stereocenters. The minimum Gasteiger partial charge on any atom is -0.456 e. The zero-order chi connectivity index (χ0) is 57.5. The number of rotatable bonds is 4. The maximum absolute atomic E-state index is 9.90. The second kappa shape index (κ2) is 11.1. The predicted molar refractivity (Wildman–Crippen MR) is 208 cm³/mol. The number of furan rings is 1. The van der Waals surface area contributed by atoms with Crippen molar-refractivity contribution in [2.24, 2.45) is 0 Å². The fraction of sp³-hybridized carbons (Fsp3) is 0. The molecule has 0 aliphatic rings. The molecule has 0 radical (unpaired) electrons. The summed E-state index contributed by atoms with van der Waals surface area (Å²) in [4.78, 5) is 0. The van der Waals surface area contributed by atoms with Gasteiger partial charge in [-0.2, -0.15) is 0 Å². The van der Waals surface area contributed by atoms with E-state index in [1.54, 1.807) is 0 Å². The van der Waals surface area contributed by atoms with Crippen LogP contribution in [-0.2, 0) is 0 Å². The molecule has 0 aliphatic heterocycles. The lowest BCUT2D eigenvalue weighted by Crippen LogP contribution is -1.91. The van der Waals surface area contributed by atoms with Crippen molar-refractivity contribution in [2.75, 3.05) is 0 Å². The van der Waals surface area contributed by atoms with Crippen molar-refractivity contribution < 1.29 is 44.2 Å². The van der Waals surface area contributed by atoms with Gasteiger partial charge in [-0.05, 0) is 101 Å². The number of hydrogen-bond donors (Lipinski definition) is 0. The summed E-state index contributed by atoms with van der Waals surface area (Å²) in [6.45, 7) is 0. The fourth-order valence-electron chi connectivity index (χ4n) is 5.94. The van der Waals surface area contributed by atoms with Crippen molar-refractivity contribution in [3.05, 3.63) is 181 Å². The van der Waals surface area contributed by atoms with Crippen LogP contribution in [0.25, 0.3) is 98.8 Å². The molecule has 0 saturated heterocycles. The van der Waals surface area contributed by atoms with E-state index in [-0.39, 0.29) is 0 Å². The van der Waals surface area contributed by atoms with Gasteiger partial charge >= 0.3 is 0 Å². The fourth-order valence-corrected chi connectivity index (χ4v) is 5.94. The molecule has 228 valence electrons. The van der Waals surface area contributed by atoms with Crippen molar-refractivity contribution in [2.45, 2.75) is 0 Å². The predicted octanol–water partition coefficient (Wildman–Crippen LogP) is 13.7. The van der Waals surface area contributed by atoms with E-state index in [0.29, 0.717) is 0 Å².